The number of pyridine rings is 1. The topological polar surface area (TPSA) is 106 Å². The smallest absolute Gasteiger partial charge is 0.216 e. The average molecular weight is 419 g/mol. The van der Waals surface area contributed by atoms with Crippen molar-refractivity contribution in [2.45, 2.75) is 25.5 Å². The van der Waals surface area contributed by atoms with Gasteiger partial charge in [0.1, 0.15) is 22.5 Å². The van der Waals surface area contributed by atoms with Crippen LogP contribution < -0.4 is 5.14 Å². The lowest BCUT2D eigenvalue weighted by atomic mass is 9.97. The summed E-state index contributed by atoms with van der Waals surface area (Å²) in [5.74, 6) is -3.27. The molecule has 3 N–H and O–H groups in total. The van der Waals surface area contributed by atoms with Crippen molar-refractivity contribution in [3.05, 3.63) is 71.1 Å². The van der Waals surface area contributed by atoms with Crippen LogP contribution in [0, 0.1) is 11.6 Å². The van der Waals surface area contributed by atoms with E-state index in [1.54, 1.807) is 19.2 Å². The minimum atomic E-state index is -4.15. The molecule has 3 rings (SSSR count). The van der Waals surface area contributed by atoms with E-state index in [1.165, 1.54) is 13.1 Å². The minimum absolute atomic E-state index is 0.00852. The molecule has 0 aliphatic rings. The van der Waals surface area contributed by atoms with E-state index < -0.39 is 38.3 Å². The number of nitrogens with one attached hydrogen (secondary N) is 1. The van der Waals surface area contributed by atoms with Gasteiger partial charge in [0.25, 0.3) is 0 Å². The van der Waals surface area contributed by atoms with Crippen LogP contribution >= 0.6 is 0 Å². The van der Waals surface area contributed by atoms with Gasteiger partial charge in [0.15, 0.2) is 0 Å². The zero-order valence-corrected chi connectivity index (χ0v) is 16.6. The Bertz CT molecular complexity index is 1250. The number of carbonyl (C=O) groups excluding carboxylic acids is 1. The van der Waals surface area contributed by atoms with Gasteiger partial charge in [-0.25, -0.2) is 27.3 Å². The lowest BCUT2D eigenvalue weighted by Crippen LogP contribution is -2.23. The molecule has 1 atom stereocenters. The Kier molecular flexibility index (Phi) is 5.38. The molecule has 0 amide bonds. The second-order valence-electron chi connectivity index (χ2n) is 6.74. The van der Waals surface area contributed by atoms with E-state index in [0.29, 0.717) is 22.2 Å². The zero-order chi connectivity index (χ0) is 21.5. The Morgan fingerprint density at radius 2 is 2.03 bits per heavy atom. The highest BCUT2D eigenvalue weighted by Gasteiger charge is 2.30. The molecule has 0 saturated heterocycles. The third kappa shape index (κ3) is 3.70. The van der Waals surface area contributed by atoms with Crippen molar-refractivity contribution in [2.24, 2.45) is 5.14 Å². The summed E-state index contributed by atoms with van der Waals surface area (Å²) in [6.45, 7) is 7.08. The Hall–Kier alpha value is -2.91. The Morgan fingerprint density at radius 3 is 2.62 bits per heavy atom. The largest absolute Gasteiger partial charge is 0.345 e. The van der Waals surface area contributed by atoms with E-state index in [0.717, 1.165) is 12.1 Å². The quantitative estimate of drug-likeness (QED) is 0.592. The van der Waals surface area contributed by atoms with Crippen LogP contribution in [-0.2, 0) is 10.0 Å². The number of halogens is 2. The SMILES string of the molecule is C=C(C)c1cnc2[nH]cc(C(=O)c3c(F)ccc(C(CC)S(N)(=O)=O)c3F)c2c1. The van der Waals surface area contributed by atoms with E-state index in [9.17, 15) is 17.6 Å². The van der Waals surface area contributed by atoms with Gasteiger partial charge in [-0.2, -0.15) is 0 Å². The predicted octanol–water partition coefficient (Wildman–Crippen LogP) is 3.84. The second kappa shape index (κ2) is 7.49. The second-order valence-corrected chi connectivity index (χ2v) is 8.49. The molecule has 152 valence electrons. The molecule has 2 heterocycles. The molecule has 0 radical (unpaired) electrons. The number of sulfonamides is 1. The maximum atomic E-state index is 15.1. The normalized spacial score (nSPS) is 12.9. The summed E-state index contributed by atoms with van der Waals surface area (Å²) in [6, 6.07) is 3.51. The number of aromatic nitrogens is 2. The van der Waals surface area contributed by atoms with Crippen molar-refractivity contribution in [1.29, 1.82) is 0 Å². The van der Waals surface area contributed by atoms with Crippen LogP contribution in [0.25, 0.3) is 16.6 Å². The first-order valence-electron chi connectivity index (χ1n) is 8.73. The molecule has 29 heavy (non-hydrogen) atoms. The summed E-state index contributed by atoms with van der Waals surface area (Å²) in [6.07, 6.45) is 2.84. The van der Waals surface area contributed by atoms with Gasteiger partial charge in [-0.1, -0.05) is 19.6 Å². The van der Waals surface area contributed by atoms with Gasteiger partial charge in [0, 0.05) is 28.9 Å². The molecule has 2 aromatic heterocycles. The number of nitrogens with zero attached hydrogens (tertiary/aromatic N) is 1. The predicted molar refractivity (Wildman–Crippen MR) is 107 cm³/mol. The van der Waals surface area contributed by atoms with Gasteiger partial charge < -0.3 is 4.98 Å². The summed E-state index contributed by atoms with van der Waals surface area (Å²) in [5, 5.41) is 4.15. The maximum absolute atomic E-state index is 15.1. The summed E-state index contributed by atoms with van der Waals surface area (Å²) >= 11 is 0. The molecule has 0 bridgehead atoms. The zero-order valence-electron chi connectivity index (χ0n) is 15.8. The van der Waals surface area contributed by atoms with E-state index >= 15 is 4.39 Å². The van der Waals surface area contributed by atoms with Crippen molar-refractivity contribution in [3.63, 3.8) is 0 Å². The first-order chi connectivity index (χ1) is 13.6. The van der Waals surface area contributed by atoms with Crippen LogP contribution in [0.3, 0.4) is 0 Å². The Morgan fingerprint density at radius 1 is 1.34 bits per heavy atom. The Balaban J connectivity index is 2.20. The van der Waals surface area contributed by atoms with Crippen LogP contribution in [0.2, 0.25) is 0 Å². The molecule has 0 fully saturated rings. The standard InChI is InChI=1S/C20H19F2N3O3S/c1-4-16(29(23,27)28)12-5-6-15(21)17(18(12)22)19(26)14-9-25-20-13(14)7-11(8-24-20)10(2)3/h5-9,16H,2,4H2,1,3H3,(H,24,25)(H2,23,27,28). The summed E-state index contributed by atoms with van der Waals surface area (Å²) in [7, 11) is -4.15. The molecule has 6 nitrogen and oxygen atoms in total. The lowest BCUT2D eigenvalue weighted by molar-refractivity contribution is 0.103. The van der Waals surface area contributed by atoms with Crippen LogP contribution in [-0.4, -0.2) is 24.2 Å². The van der Waals surface area contributed by atoms with E-state index in [4.69, 9.17) is 5.14 Å². The molecule has 1 unspecified atom stereocenters. The lowest BCUT2D eigenvalue weighted by Gasteiger charge is -2.16. The molecule has 1 aromatic carbocycles. The van der Waals surface area contributed by atoms with Crippen LogP contribution in [0.1, 0.15) is 52.6 Å². The van der Waals surface area contributed by atoms with Crippen molar-refractivity contribution in [1.82, 2.24) is 9.97 Å². The van der Waals surface area contributed by atoms with Gasteiger partial charge in [-0.15, -0.1) is 0 Å². The number of benzene rings is 1. The summed E-state index contributed by atoms with van der Waals surface area (Å²) in [5.41, 5.74) is 0.561. The first kappa shape index (κ1) is 20.8. The van der Waals surface area contributed by atoms with Crippen molar-refractivity contribution in [2.75, 3.05) is 0 Å². The minimum Gasteiger partial charge on any atom is -0.345 e. The van der Waals surface area contributed by atoms with Gasteiger partial charge in [-0.05, 0) is 36.6 Å². The molecule has 3 aromatic rings. The number of carbonyl (C=O) groups is 1. The number of nitrogens with two attached hydrogens (primary N) is 1. The third-order valence-corrected chi connectivity index (χ3v) is 6.11. The highest BCUT2D eigenvalue weighted by atomic mass is 32.2. The highest BCUT2D eigenvalue weighted by Crippen LogP contribution is 2.31. The van der Waals surface area contributed by atoms with Crippen molar-refractivity contribution < 1.29 is 22.0 Å². The molecule has 9 heteroatoms. The van der Waals surface area contributed by atoms with Crippen LogP contribution in [0.4, 0.5) is 8.78 Å². The summed E-state index contributed by atoms with van der Waals surface area (Å²) < 4.78 is 53.2. The molecule has 0 saturated carbocycles. The van der Waals surface area contributed by atoms with Gasteiger partial charge >= 0.3 is 0 Å². The molecule has 0 spiro atoms. The summed E-state index contributed by atoms with van der Waals surface area (Å²) in [4.78, 5) is 20.0. The van der Waals surface area contributed by atoms with Crippen LogP contribution in [0.15, 0.2) is 37.2 Å². The first-order valence-corrected chi connectivity index (χ1v) is 10.3. The van der Waals surface area contributed by atoms with E-state index in [1.807, 2.05) is 0 Å². The maximum Gasteiger partial charge on any atom is 0.216 e. The van der Waals surface area contributed by atoms with E-state index in [-0.39, 0.29) is 17.5 Å². The fourth-order valence-corrected chi connectivity index (χ4v) is 4.21. The molecule has 0 aliphatic carbocycles. The highest BCUT2D eigenvalue weighted by molar-refractivity contribution is 7.89. The number of allylic oxidation sites excluding steroid dienone is 1. The molecule has 0 aliphatic heterocycles. The number of hydrogen-bond donors (Lipinski definition) is 2. The molecular formula is C20H19F2N3O3S. The van der Waals surface area contributed by atoms with Crippen molar-refractivity contribution in [3.8, 4) is 0 Å². The number of primary sulfonamides is 1. The third-order valence-electron chi connectivity index (χ3n) is 4.73. The number of aromatic amines is 1. The molecular weight excluding hydrogens is 400 g/mol. The number of H-pyrrole nitrogens is 1. The van der Waals surface area contributed by atoms with Gasteiger partial charge in [0.2, 0.25) is 15.8 Å². The van der Waals surface area contributed by atoms with Crippen molar-refractivity contribution >= 4 is 32.4 Å². The number of hydrogen-bond acceptors (Lipinski definition) is 4. The van der Waals surface area contributed by atoms with Gasteiger partial charge in [-0.3, -0.25) is 4.79 Å². The average Bonchev–Trinajstić information content (AvgIpc) is 3.06. The van der Waals surface area contributed by atoms with Crippen LogP contribution in [0.5, 0.6) is 0 Å². The fourth-order valence-electron chi connectivity index (χ4n) is 3.21. The number of fused-ring (bicyclic) bond motifs is 1. The van der Waals surface area contributed by atoms with E-state index in [2.05, 4.69) is 16.5 Å². The number of ketones is 1. The van der Waals surface area contributed by atoms with Gasteiger partial charge in [0.05, 0.1) is 5.56 Å². The number of rotatable bonds is 6. The monoisotopic (exact) mass is 419 g/mol. The fraction of sp³-hybridized carbons (Fsp3) is 0.200. The Labute approximate surface area is 166 Å².